The normalized spacial score (nSPS) is 28.6. The molecule has 0 aromatic carbocycles. The molecule has 0 aliphatic heterocycles. The average Bonchev–Trinajstić information content (AvgIpc) is 2.74. The summed E-state index contributed by atoms with van der Waals surface area (Å²) in [6.45, 7) is 0.738. The Morgan fingerprint density at radius 2 is 1.45 bits per heavy atom. The predicted molar refractivity (Wildman–Crippen MR) is 77.3 cm³/mol. The molecule has 0 atom stereocenters. The number of carboxylic acids is 1. The first-order chi connectivity index (χ1) is 9.66. The van der Waals surface area contributed by atoms with Crippen LogP contribution in [0.25, 0.3) is 0 Å². The van der Waals surface area contributed by atoms with Gasteiger partial charge in [-0.25, -0.2) is 0 Å². The van der Waals surface area contributed by atoms with E-state index in [4.69, 9.17) is 5.11 Å². The molecule has 0 spiro atoms. The molecule has 4 nitrogen and oxygen atoms in total. The van der Waals surface area contributed by atoms with Crippen molar-refractivity contribution in [3.05, 3.63) is 0 Å². The standard InChI is InChI=1S/C16H27NO3/c18-15(13-5-3-1-2-4-6-13)17-11-12-7-9-14(10-8-12)16(19)20/h12-14H,1-11H2,(H,17,18)(H,19,20). The lowest BCUT2D eigenvalue weighted by atomic mass is 9.82. The Hall–Kier alpha value is -1.06. The maximum Gasteiger partial charge on any atom is 0.306 e. The van der Waals surface area contributed by atoms with Crippen molar-refractivity contribution < 1.29 is 14.7 Å². The van der Waals surface area contributed by atoms with E-state index in [-0.39, 0.29) is 17.7 Å². The zero-order valence-corrected chi connectivity index (χ0v) is 12.3. The van der Waals surface area contributed by atoms with E-state index in [2.05, 4.69) is 5.32 Å². The maximum atomic E-state index is 12.2. The summed E-state index contributed by atoms with van der Waals surface area (Å²) in [4.78, 5) is 23.1. The molecule has 0 bridgehead atoms. The second-order valence-electron chi connectivity index (χ2n) is 6.49. The quantitative estimate of drug-likeness (QED) is 0.779. The minimum Gasteiger partial charge on any atom is -0.481 e. The van der Waals surface area contributed by atoms with E-state index in [0.717, 1.165) is 45.1 Å². The van der Waals surface area contributed by atoms with Crippen LogP contribution in [0.4, 0.5) is 0 Å². The van der Waals surface area contributed by atoms with E-state index >= 15 is 0 Å². The molecule has 0 unspecified atom stereocenters. The third-order valence-corrected chi connectivity index (χ3v) is 4.99. The number of hydrogen-bond donors (Lipinski definition) is 2. The van der Waals surface area contributed by atoms with Crippen LogP contribution in [0, 0.1) is 17.8 Å². The fraction of sp³-hybridized carbons (Fsp3) is 0.875. The van der Waals surface area contributed by atoms with Crippen molar-refractivity contribution in [1.29, 1.82) is 0 Å². The number of carboxylic acid groups (broad SMARTS) is 1. The molecule has 2 fully saturated rings. The summed E-state index contributed by atoms with van der Waals surface area (Å²) in [6, 6.07) is 0. The van der Waals surface area contributed by atoms with Crippen molar-refractivity contribution in [2.24, 2.45) is 17.8 Å². The van der Waals surface area contributed by atoms with Crippen LogP contribution in [-0.2, 0) is 9.59 Å². The summed E-state index contributed by atoms with van der Waals surface area (Å²) >= 11 is 0. The SMILES string of the molecule is O=C(O)C1CCC(CNC(=O)C2CCCCCC2)CC1. The van der Waals surface area contributed by atoms with Gasteiger partial charge in [0.05, 0.1) is 5.92 Å². The Labute approximate surface area is 121 Å². The van der Waals surface area contributed by atoms with Crippen molar-refractivity contribution in [3.63, 3.8) is 0 Å². The Morgan fingerprint density at radius 3 is 2.00 bits per heavy atom. The molecular weight excluding hydrogens is 254 g/mol. The first-order valence-corrected chi connectivity index (χ1v) is 8.17. The van der Waals surface area contributed by atoms with Gasteiger partial charge in [0.2, 0.25) is 5.91 Å². The summed E-state index contributed by atoms with van der Waals surface area (Å²) < 4.78 is 0. The molecule has 0 heterocycles. The van der Waals surface area contributed by atoms with Gasteiger partial charge in [-0.15, -0.1) is 0 Å². The summed E-state index contributed by atoms with van der Waals surface area (Å²) in [7, 11) is 0. The zero-order chi connectivity index (χ0) is 14.4. The second-order valence-corrected chi connectivity index (χ2v) is 6.49. The van der Waals surface area contributed by atoms with Crippen molar-refractivity contribution in [1.82, 2.24) is 5.32 Å². The Morgan fingerprint density at radius 1 is 0.850 bits per heavy atom. The molecule has 114 valence electrons. The topological polar surface area (TPSA) is 66.4 Å². The first-order valence-electron chi connectivity index (χ1n) is 8.17. The Bertz CT molecular complexity index is 327. The fourth-order valence-corrected chi connectivity index (χ4v) is 3.54. The maximum absolute atomic E-state index is 12.2. The molecule has 2 saturated carbocycles. The molecule has 2 N–H and O–H groups in total. The van der Waals surface area contributed by atoms with Gasteiger partial charge >= 0.3 is 5.97 Å². The minimum absolute atomic E-state index is 0.163. The smallest absolute Gasteiger partial charge is 0.306 e. The highest BCUT2D eigenvalue weighted by atomic mass is 16.4. The van der Waals surface area contributed by atoms with Crippen LogP contribution in [0.3, 0.4) is 0 Å². The van der Waals surface area contributed by atoms with Crippen LogP contribution < -0.4 is 5.32 Å². The van der Waals surface area contributed by atoms with Crippen molar-refractivity contribution >= 4 is 11.9 Å². The number of carbonyl (C=O) groups is 2. The van der Waals surface area contributed by atoms with E-state index in [0.29, 0.717) is 5.92 Å². The Balaban J connectivity index is 1.67. The van der Waals surface area contributed by atoms with Crippen molar-refractivity contribution in [2.45, 2.75) is 64.2 Å². The lowest BCUT2D eigenvalue weighted by Crippen LogP contribution is -2.36. The molecule has 0 aromatic rings. The number of carbonyl (C=O) groups excluding carboxylic acids is 1. The molecule has 1 amide bonds. The van der Waals surface area contributed by atoms with Crippen LogP contribution in [0.1, 0.15) is 64.2 Å². The highest BCUT2D eigenvalue weighted by Gasteiger charge is 2.27. The largest absolute Gasteiger partial charge is 0.481 e. The molecule has 4 heteroatoms. The van der Waals surface area contributed by atoms with Crippen LogP contribution in [0.15, 0.2) is 0 Å². The number of rotatable bonds is 4. The molecule has 2 aliphatic rings. The van der Waals surface area contributed by atoms with Gasteiger partial charge in [-0.2, -0.15) is 0 Å². The number of nitrogens with one attached hydrogen (secondary N) is 1. The molecule has 0 saturated heterocycles. The van der Waals surface area contributed by atoms with Gasteiger partial charge in [0.1, 0.15) is 0 Å². The second kappa shape index (κ2) is 7.65. The fourth-order valence-electron chi connectivity index (χ4n) is 3.54. The highest BCUT2D eigenvalue weighted by molar-refractivity contribution is 5.78. The summed E-state index contributed by atoms with van der Waals surface area (Å²) in [5.41, 5.74) is 0. The summed E-state index contributed by atoms with van der Waals surface area (Å²) in [5, 5.41) is 12.1. The zero-order valence-electron chi connectivity index (χ0n) is 12.3. The van der Waals surface area contributed by atoms with Gasteiger partial charge in [0.15, 0.2) is 0 Å². The monoisotopic (exact) mass is 281 g/mol. The van der Waals surface area contributed by atoms with Crippen LogP contribution in [0.2, 0.25) is 0 Å². The van der Waals surface area contributed by atoms with E-state index in [1.54, 1.807) is 0 Å². The lowest BCUT2D eigenvalue weighted by Gasteiger charge is -2.26. The summed E-state index contributed by atoms with van der Waals surface area (Å²) in [5.74, 6) is 0.0928. The van der Waals surface area contributed by atoms with Crippen molar-refractivity contribution in [3.8, 4) is 0 Å². The predicted octanol–water partition coefficient (Wildman–Crippen LogP) is 2.96. The lowest BCUT2D eigenvalue weighted by molar-refractivity contribution is -0.143. The van der Waals surface area contributed by atoms with Crippen molar-refractivity contribution in [2.75, 3.05) is 6.54 Å². The van der Waals surface area contributed by atoms with E-state index < -0.39 is 5.97 Å². The minimum atomic E-state index is -0.661. The van der Waals surface area contributed by atoms with E-state index in [1.165, 1.54) is 25.7 Å². The molecule has 0 radical (unpaired) electrons. The van der Waals surface area contributed by atoms with Gasteiger partial charge in [0.25, 0.3) is 0 Å². The average molecular weight is 281 g/mol. The van der Waals surface area contributed by atoms with Gasteiger partial charge in [-0.05, 0) is 44.4 Å². The molecule has 20 heavy (non-hydrogen) atoms. The Kier molecular flexibility index (Phi) is 5.86. The molecular formula is C16H27NO3. The van der Waals surface area contributed by atoms with Gasteiger partial charge in [0, 0.05) is 12.5 Å². The summed E-state index contributed by atoms with van der Waals surface area (Å²) in [6.07, 6.45) is 10.4. The highest BCUT2D eigenvalue weighted by Crippen LogP contribution is 2.29. The van der Waals surface area contributed by atoms with Gasteiger partial charge in [-0.3, -0.25) is 9.59 Å². The van der Waals surface area contributed by atoms with Crippen LogP contribution in [-0.4, -0.2) is 23.5 Å². The van der Waals surface area contributed by atoms with Crippen LogP contribution >= 0.6 is 0 Å². The van der Waals surface area contributed by atoms with Gasteiger partial charge in [-0.1, -0.05) is 25.7 Å². The molecule has 2 rings (SSSR count). The third-order valence-electron chi connectivity index (χ3n) is 4.99. The van der Waals surface area contributed by atoms with E-state index in [1.807, 2.05) is 0 Å². The number of aliphatic carboxylic acids is 1. The first kappa shape index (κ1) is 15.3. The molecule has 0 aromatic heterocycles. The van der Waals surface area contributed by atoms with E-state index in [9.17, 15) is 9.59 Å². The van der Waals surface area contributed by atoms with Crippen LogP contribution in [0.5, 0.6) is 0 Å². The molecule has 2 aliphatic carbocycles. The number of hydrogen-bond acceptors (Lipinski definition) is 2. The van der Waals surface area contributed by atoms with Gasteiger partial charge < -0.3 is 10.4 Å². The third kappa shape index (κ3) is 4.50. The number of amides is 1.